The number of hydrogen-bond donors (Lipinski definition) is 0. The summed E-state index contributed by atoms with van der Waals surface area (Å²) in [7, 11) is 2.03. The molecule has 0 fully saturated rings. The van der Waals surface area contributed by atoms with Crippen LogP contribution in [0.25, 0.3) is 11.5 Å². The highest BCUT2D eigenvalue weighted by atomic mass is 16.4. The molecule has 2 aromatic rings. The highest BCUT2D eigenvalue weighted by molar-refractivity contribution is 5.74. The molecule has 1 aliphatic rings. The molecule has 2 heterocycles. The predicted molar refractivity (Wildman–Crippen MR) is 64.0 cm³/mol. The lowest BCUT2D eigenvalue weighted by Crippen LogP contribution is -2.22. The fourth-order valence-electron chi connectivity index (χ4n) is 1.88. The summed E-state index contributed by atoms with van der Waals surface area (Å²) >= 11 is 0. The van der Waals surface area contributed by atoms with Gasteiger partial charge >= 0.3 is 0 Å². The highest BCUT2D eigenvalue weighted by Gasteiger charge is 2.17. The second-order valence-corrected chi connectivity index (χ2v) is 3.93. The van der Waals surface area contributed by atoms with Crippen LogP contribution in [0.5, 0.6) is 0 Å². The van der Waals surface area contributed by atoms with Crippen molar-refractivity contribution in [2.75, 3.05) is 18.6 Å². The molecular weight excluding hydrogens is 216 g/mol. The topological polar surface area (TPSA) is 45.4 Å². The molecule has 3 rings (SSSR count). The monoisotopic (exact) mass is 228 g/mol. The molecule has 17 heavy (non-hydrogen) atoms. The van der Waals surface area contributed by atoms with E-state index < -0.39 is 0 Å². The summed E-state index contributed by atoms with van der Waals surface area (Å²) in [6.07, 6.45) is 5.41. The number of anilines is 1. The molecule has 0 N–H and O–H groups in total. The SMILES string of the molecule is CN1C=CN(c2ccccc2-c2nnco2)C1. The van der Waals surface area contributed by atoms with Gasteiger partial charge in [-0.15, -0.1) is 10.2 Å². The van der Waals surface area contributed by atoms with Crippen molar-refractivity contribution in [2.24, 2.45) is 0 Å². The summed E-state index contributed by atoms with van der Waals surface area (Å²) in [5.74, 6) is 0.545. The largest absolute Gasteiger partial charge is 0.423 e. The Labute approximate surface area is 99.0 Å². The third-order valence-corrected chi connectivity index (χ3v) is 2.68. The van der Waals surface area contributed by atoms with Crippen LogP contribution in [0.1, 0.15) is 0 Å². The van der Waals surface area contributed by atoms with Crippen LogP contribution in [0, 0.1) is 0 Å². The minimum absolute atomic E-state index is 0.545. The number of para-hydroxylation sites is 1. The van der Waals surface area contributed by atoms with Crippen molar-refractivity contribution in [1.29, 1.82) is 0 Å². The standard InChI is InChI=1S/C12H12N4O/c1-15-6-7-16(9-15)11-5-3-2-4-10(11)12-14-13-8-17-12/h2-8H,9H2,1H3. The van der Waals surface area contributed by atoms with E-state index in [1.54, 1.807) is 0 Å². The number of nitrogens with zero attached hydrogens (tertiary/aromatic N) is 4. The molecular formula is C12H12N4O. The molecule has 1 aliphatic heterocycles. The van der Waals surface area contributed by atoms with E-state index in [-0.39, 0.29) is 0 Å². The molecule has 0 radical (unpaired) electrons. The second kappa shape index (κ2) is 3.93. The van der Waals surface area contributed by atoms with E-state index in [0.717, 1.165) is 17.9 Å². The van der Waals surface area contributed by atoms with Crippen LogP contribution in [-0.4, -0.2) is 28.8 Å². The molecule has 0 unspecified atom stereocenters. The first-order valence-electron chi connectivity index (χ1n) is 5.35. The van der Waals surface area contributed by atoms with Gasteiger partial charge in [-0.3, -0.25) is 0 Å². The van der Waals surface area contributed by atoms with E-state index in [2.05, 4.69) is 20.0 Å². The third kappa shape index (κ3) is 1.75. The van der Waals surface area contributed by atoms with Crippen molar-refractivity contribution in [3.05, 3.63) is 43.1 Å². The van der Waals surface area contributed by atoms with Crippen LogP contribution in [0.3, 0.4) is 0 Å². The van der Waals surface area contributed by atoms with Gasteiger partial charge in [-0.1, -0.05) is 12.1 Å². The quantitative estimate of drug-likeness (QED) is 0.785. The van der Waals surface area contributed by atoms with Crippen molar-refractivity contribution in [3.63, 3.8) is 0 Å². The molecule has 5 nitrogen and oxygen atoms in total. The van der Waals surface area contributed by atoms with Crippen molar-refractivity contribution < 1.29 is 4.42 Å². The molecule has 5 heteroatoms. The lowest BCUT2D eigenvalue weighted by Gasteiger charge is -2.20. The third-order valence-electron chi connectivity index (χ3n) is 2.68. The molecule has 1 aromatic heterocycles. The summed E-state index contributed by atoms with van der Waals surface area (Å²) in [6.45, 7) is 0.825. The zero-order valence-electron chi connectivity index (χ0n) is 9.45. The van der Waals surface area contributed by atoms with Crippen LogP contribution in [0.4, 0.5) is 5.69 Å². The van der Waals surface area contributed by atoms with Gasteiger partial charge in [0.1, 0.15) is 0 Å². The lowest BCUT2D eigenvalue weighted by atomic mass is 10.1. The van der Waals surface area contributed by atoms with Gasteiger partial charge in [0.05, 0.1) is 17.9 Å². The van der Waals surface area contributed by atoms with E-state index in [4.69, 9.17) is 4.42 Å². The minimum Gasteiger partial charge on any atom is -0.423 e. The summed E-state index contributed by atoms with van der Waals surface area (Å²) in [6, 6.07) is 7.99. The van der Waals surface area contributed by atoms with Crippen LogP contribution in [0.2, 0.25) is 0 Å². The maximum absolute atomic E-state index is 5.26. The van der Waals surface area contributed by atoms with Crippen LogP contribution >= 0.6 is 0 Å². The fraction of sp³-hybridized carbons (Fsp3) is 0.167. The number of aromatic nitrogens is 2. The molecule has 1 aromatic carbocycles. The first kappa shape index (κ1) is 9.89. The Morgan fingerprint density at radius 1 is 1.24 bits per heavy atom. The maximum Gasteiger partial charge on any atom is 0.249 e. The summed E-state index contributed by atoms with van der Waals surface area (Å²) in [4.78, 5) is 4.24. The van der Waals surface area contributed by atoms with Crippen molar-refractivity contribution in [2.45, 2.75) is 0 Å². The molecule has 0 saturated heterocycles. The molecule has 0 bridgehead atoms. The summed E-state index contributed by atoms with van der Waals surface area (Å²) in [5, 5.41) is 7.67. The minimum atomic E-state index is 0.545. The van der Waals surface area contributed by atoms with Crippen LogP contribution < -0.4 is 4.90 Å². The van der Waals surface area contributed by atoms with Gasteiger partial charge in [-0.25, -0.2) is 0 Å². The normalized spacial score (nSPS) is 14.6. The van der Waals surface area contributed by atoms with E-state index in [1.807, 2.05) is 43.7 Å². The average Bonchev–Trinajstić information content (AvgIpc) is 3.00. The Bertz CT molecular complexity index is 535. The molecule has 0 aliphatic carbocycles. The molecule has 0 spiro atoms. The first-order chi connectivity index (χ1) is 8.34. The molecule has 0 amide bonds. The highest BCUT2D eigenvalue weighted by Crippen LogP contribution is 2.30. The zero-order valence-corrected chi connectivity index (χ0v) is 9.45. The van der Waals surface area contributed by atoms with E-state index in [0.29, 0.717) is 5.89 Å². The molecule has 0 saturated carbocycles. The zero-order chi connectivity index (χ0) is 11.7. The van der Waals surface area contributed by atoms with Gasteiger partial charge in [0.15, 0.2) is 0 Å². The van der Waals surface area contributed by atoms with Crippen molar-refractivity contribution in [3.8, 4) is 11.5 Å². The van der Waals surface area contributed by atoms with Gasteiger partial charge < -0.3 is 14.2 Å². The van der Waals surface area contributed by atoms with Gasteiger partial charge in [0.2, 0.25) is 12.3 Å². The van der Waals surface area contributed by atoms with Gasteiger partial charge in [0, 0.05) is 19.4 Å². The van der Waals surface area contributed by atoms with E-state index in [1.165, 1.54) is 6.39 Å². The van der Waals surface area contributed by atoms with Crippen LogP contribution in [-0.2, 0) is 0 Å². The van der Waals surface area contributed by atoms with Crippen molar-refractivity contribution >= 4 is 5.69 Å². The Morgan fingerprint density at radius 2 is 2.12 bits per heavy atom. The Balaban J connectivity index is 2.03. The maximum atomic E-state index is 5.26. The van der Waals surface area contributed by atoms with E-state index >= 15 is 0 Å². The molecule has 0 atom stereocenters. The first-order valence-corrected chi connectivity index (χ1v) is 5.35. The lowest BCUT2D eigenvalue weighted by molar-refractivity contribution is 0.495. The average molecular weight is 228 g/mol. The fourth-order valence-corrected chi connectivity index (χ4v) is 1.88. The van der Waals surface area contributed by atoms with Crippen LogP contribution in [0.15, 0.2) is 47.5 Å². The molecule has 86 valence electrons. The summed E-state index contributed by atoms with van der Waals surface area (Å²) in [5.41, 5.74) is 2.02. The Kier molecular flexibility index (Phi) is 2.29. The Hall–Kier alpha value is -2.30. The Morgan fingerprint density at radius 3 is 2.82 bits per heavy atom. The number of hydrogen-bond acceptors (Lipinski definition) is 5. The predicted octanol–water partition coefficient (Wildman–Crippen LogP) is 1.92. The number of benzene rings is 1. The van der Waals surface area contributed by atoms with Gasteiger partial charge in [0.25, 0.3) is 0 Å². The van der Waals surface area contributed by atoms with Crippen molar-refractivity contribution in [1.82, 2.24) is 15.1 Å². The smallest absolute Gasteiger partial charge is 0.249 e. The summed E-state index contributed by atoms with van der Waals surface area (Å²) < 4.78 is 5.26. The number of rotatable bonds is 2. The van der Waals surface area contributed by atoms with Gasteiger partial charge in [-0.2, -0.15) is 0 Å². The second-order valence-electron chi connectivity index (χ2n) is 3.93. The van der Waals surface area contributed by atoms with Gasteiger partial charge in [-0.05, 0) is 12.1 Å². The van der Waals surface area contributed by atoms with E-state index in [9.17, 15) is 0 Å².